The minimum atomic E-state index is 0.508. The molecule has 0 aliphatic rings. The monoisotopic (exact) mass is 328 g/mol. The highest BCUT2D eigenvalue weighted by molar-refractivity contribution is 5.79. The molecule has 0 aliphatic carbocycles. The summed E-state index contributed by atoms with van der Waals surface area (Å²) in [5.74, 6) is 3.23. The molecule has 2 aromatic rings. The second-order valence-electron chi connectivity index (χ2n) is 5.22. The average molecular weight is 328 g/mol. The number of nitrogens with one attached hydrogen (secondary N) is 2. The van der Waals surface area contributed by atoms with Crippen LogP contribution in [0.25, 0.3) is 0 Å². The molecule has 128 valence electrons. The number of nitrogens with zero attached hydrogens (tertiary/aromatic N) is 4. The van der Waals surface area contributed by atoms with Crippen LogP contribution < -0.4 is 15.4 Å². The predicted molar refractivity (Wildman–Crippen MR) is 94.9 cm³/mol. The molecule has 0 amide bonds. The number of para-hydroxylation sites is 1. The molecule has 7 heteroatoms. The summed E-state index contributed by atoms with van der Waals surface area (Å²) in [6, 6.07) is 7.84. The normalized spacial score (nSPS) is 11.2. The van der Waals surface area contributed by atoms with E-state index in [0.717, 1.165) is 23.0 Å². The third kappa shape index (κ3) is 4.58. The molecule has 0 saturated carbocycles. The fourth-order valence-electron chi connectivity index (χ4n) is 2.11. The maximum Gasteiger partial charge on any atom is 0.192 e. The molecule has 24 heavy (non-hydrogen) atoms. The summed E-state index contributed by atoms with van der Waals surface area (Å²) < 4.78 is 7.30. The summed E-state index contributed by atoms with van der Waals surface area (Å²) in [6.45, 7) is 7.30. The van der Waals surface area contributed by atoms with Crippen molar-refractivity contribution in [1.29, 1.82) is 0 Å². The lowest BCUT2D eigenvalue weighted by atomic mass is 10.2. The second kappa shape index (κ2) is 8.71. The zero-order chi connectivity index (χ0) is 17.4. The Morgan fingerprint density at radius 3 is 2.79 bits per heavy atom. The number of benzene rings is 1. The Morgan fingerprint density at radius 2 is 2.12 bits per heavy atom. The number of rotatable bonds is 7. The first-order valence-corrected chi connectivity index (χ1v) is 7.75. The molecule has 0 bridgehead atoms. The Hall–Kier alpha value is -2.83. The summed E-state index contributed by atoms with van der Waals surface area (Å²) in [7, 11) is 3.60. The molecule has 1 heterocycles. The largest absolute Gasteiger partial charge is 0.496 e. The fourth-order valence-corrected chi connectivity index (χ4v) is 2.11. The topological polar surface area (TPSA) is 76.4 Å². The van der Waals surface area contributed by atoms with E-state index in [1.165, 1.54) is 0 Å². The van der Waals surface area contributed by atoms with Gasteiger partial charge < -0.3 is 19.9 Å². The number of hydrogen-bond donors (Lipinski definition) is 2. The summed E-state index contributed by atoms with van der Waals surface area (Å²) in [5, 5.41) is 14.6. The van der Waals surface area contributed by atoms with Gasteiger partial charge in [-0.25, -0.2) is 4.99 Å². The first-order chi connectivity index (χ1) is 11.7. The zero-order valence-electron chi connectivity index (χ0n) is 14.4. The van der Waals surface area contributed by atoms with Gasteiger partial charge in [-0.1, -0.05) is 24.3 Å². The molecule has 0 radical (unpaired) electrons. The maximum atomic E-state index is 5.36. The molecule has 0 spiro atoms. The lowest BCUT2D eigenvalue weighted by Gasteiger charge is -2.12. The molecule has 0 unspecified atom stereocenters. The van der Waals surface area contributed by atoms with E-state index in [-0.39, 0.29) is 0 Å². The molecule has 0 fully saturated rings. The minimum Gasteiger partial charge on any atom is -0.496 e. The van der Waals surface area contributed by atoms with Crippen LogP contribution >= 0.6 is 0 Å². The molecule has 0 atom stereocenters. The van der Waals surface area contributed by atoms with Gasteiger partial charge in [-0.05, 0) is 13.0 Å². The Labute approximate surface area is 142 Å². The van der Waals surface area contributed by atoms with Crippen molar-refractivity contribution >= 4 is 5.96 Å². The summed E-state index contributed by atoms with van der Waals surface area (Å²) in [4.78, 5) is 4.60. The van der Waals surface area contributed by atoms with Crippen molar-refractivity contribution in [3.8, 4) is 5.75 Å². The van der Waals surface area contributed by atoms with Crippen molar-refractivity contribution in [2.45, 2.75) is 20.0 Å². The first kappa shape index (κ1) is 17.5. The van der Waals surface area contributed by atoms with Gasteiger partial charge in [0.15, 0.2) is 11.8 Å². The average Bonchev–Trinajstić information content (AvgIpc) is 2.93. The van der Waals surface area contributed by atoms with Crippen LogP contribution in [0.15, 0.2) is 41.9 Å². The fraction of sp³-hybridized carbons (Fsp3) is 0.353. The van der Waals surface area contributed by atoms with Crippen LogP contribution in [-0.2, 0) is 20.1 Å². The van der Waals surface area contributed by atoms with E-state index in [1.54, 1.807) is 13.2 Å². The van der Waals surface area contributed by atoms with Crippen molar-refractivity contribution in [2.24, 2.45) is 12.0 Å². The molecular formula is C17H24N6O. The van der Waals surface area contributed by atoms with Gasteiger partial charge in [0.2, 0.25) is 0 Å². The molecule has 7 nitrogen and oxygen atoms in total. The van der Waals surface area contributed by atoms with Gasteiger partial charge in [-0.3, -0.25) is 0 Å². The highest BCUT2D eigenvalue weighted by Gasteiger charge is 2.06. The lowest BCUT2D eigenvalue weighted by Crippen LogP contribution is -2.37. The highest BCUT2D eigenvalue weighted by atomic mass is 16.5. The van der Waals surface area contributed by atoms with Crippen LogP contribution in [0.3, 0.4) is 0 Å². The van der Waals surface area contributed by atoms with E-state index >= 15 is 0 Å². The van der Waals surface area contributed by atoms with Crippen molar-refractivity contribution in [3.05, 3.63) is 54.1 Å². The number of guanidine groups is 1. The van der Waals surface area contributed by atoms with Crippen molar-refractivity contribution < 1.29 is 4.74 Å². The number of aliphatic imine (C=N–C) groups is 1. The molecule has 2 rings (SSSR count). The SMILES string of the molecule is C=CCNC(=NCc1ccccc1OC)NCc1nnc(C)n1C. The van der Waals surface area contributed by atoms with Gasteiger partial charge in [0, 0.05) is 19.2 Å². The van der Waals surface area contributed by atoms with Crippen LogP contribution in [0.5, 0.6) is 5.75 Å². The number of aromatic nitrogens is 3. The van der Waals surface area contributed by atoms with Crippen LogP contribution in [0.1, 0.15) is 17.2 Å². The second-order valence-corrected chi connectivity index (χ2v) is 5.22. The van der Waals surface area contributed by atoms with Crippen molar-refractivity contribution in [1.82, 2.24) is 25.4 Å². The van der Waals surface area contributed by atoms with Crippen LogP contribution in [-0.4, -0.2) is 34.4 Å². The van der Waals surface area contributed by atoms with E-state index in [1.807, 2.05) is 42.8 Å². The van der Waals surface area contributed by atoms with E-state index in [4.69, 9.17) is 4.74 Å². The number of methoxy groups -OCH3 is 1. The molecule has 1 aromatic heterocycles. The highest BCUT2D eigenvalue weighted by Crippen LogP contribution is 2.17. The Bertz CT molecular complexity index is 707. The van der Waals surface area contributed by atoms with Gasteiger partial charge in [0.05, 0.1) is 20.2 Å². The van der Waals surface area contributed by atoms with Crippen molar-refractivity contribution in [2.75, 3.05) is 13.7 Å². The van der Waals surface area contributed by atoms with Gasteiger partial charge >= 0.3 is 0 Å². The summed E-state index contributed by atoms with van der Waals surface area (Å²) >= 11 is 0. The first-order valence-electron chi connectivity index (χ1n) is 7.75. The third-order valence-corrected chi connectivity index (χ3v) is 3.61. The van der Waals surface area contributed by atoms with Crippen LogP contribution in [0.2, 0.25) is 0 Å². The standard InChI is InChI=1S/C17H24N6O/c1-5-10-18-17(20-12-16-22-21-13(2)23(16)3)19-11-14-8-6-7-9-15(14)24-4/h5-9H,1,10-12H2,2-4H3,(H2,18,19,20). The molecular weight excluding hydrogens is 304 g/mol. The molecule has 2 N–H and O–H groups in total. The quantitative estimate of drug-likeness (QED) is 0.458. The van der Waals surface area contributed by atoms with Gasteiger partial charge in [-0.15, -0.1) is 16.8 Å². The van der Waals surface area contributed by atoms with E-state index in [9.17, 15) is 0 Å². The summed E-state index contributed by atoms with van der Waals surface area (Å²) in [6.07, 6.45) is 1.78. The van der Waals surface area contributed by atoms with E-state index in [0.29, 0.717) is 25.6 Å². The molecule has 0 aliphatic heterocycles. The van der Waals surface area contributed by atoms with Gasteiger partial charge in [0.25, 0.3) is 0 Å². The van der Waals surface area contributed by atoms with Crippen molar-refractivity contribution in [3.63, 3.8) is 0 Å². The van der Waals surface area contributed by atoms with Crippen LogP contribution in [0, 0.1) is 6.92 Å². The zero-order valence-corrected chi connectivity index (χ0v) is 14.4. The van der Waals surface area contributed by atoms with E-state index < -0.39 is 0 Å². The van der Waals surface area contributed by atoms with Crippen LogP contribution in [0.4, 0.5) is 0 Å². The minimum absolute atomic E-state index is 0.508. The Kier molecular flexibility index (Phi) is 6.36. The number of ether oxygens (including phenoxy) is 1. The predicted octanol–water partition coefficient (Wildman–Crippen LogP) is 1.55. The Balaban J connectivity index is 2.06. The maximum absolute atomic E-state index is 5.36. The third-order valence-electron chi connectivity index (χ3n) is 3.61. The number of hydrogen-bond acceptors (Lipinski definition) is 4. The Morgan fingerprint density at radius 1 is 1.33 bits per heavy atom. The van der Waals surface area contributed by atoms with E-state index in [2.05, 4.69) is 32.4 Å². The number of aryl methyl sites for hydroxylation is 1. The molecule has 1 aromatic carbocycles. The summed E-state index contributed by atoms with van der Waals surface area (Å²) in [5.41, 5.74) is 1.02. The smallest absolute Gasteiger partial charge is 0.192 e. The molecule has 0 saturated heterocycles. The van der Waals surface area contributed by atoms with Gasteiger partial charge in [-0.2, -0.15) is 0 Å². The lowest BCUT2D eigenvalue weighted by molar-refractivity contribution is 0.410. The van der Waals surface area contributed by atoms with Gasteiger partial charge in [0.1, 0.15) is 11.6 Å².